The molecule has 1 N–H and O–H groups in total. The maximum absolute atomic E-state index is 13.4. The van der Waals surface area contributed by atoms with Crippen LogP contribution in [-0.2, 0) is 0 Å². The van der Waals surface area contributed by atoms with Gasteiger partial charge in [0.25, 0.3) is 0 Å². The highest BCUT2D eigenvalue weighted by Gasteiger charge is 2.29. The average molecular weight is 278 g/mol. The van der Waals surface area contributed by atoms with Gasteiger partial charge in [0.2, 0.25) is 0 Å². The Balaban J connectivity index is 2.01. The third kappa shape index (κ3) is 2.29. The fraction of sp³-hybridized carbons (Fsp3) is 0.500. The van der Waals surface area contributed by atoms with E-state index in [1.54, 1.807) is 6.07 Å². The minimum absolute atomic E-state index is 0.197. The topological polar surface area (TPSA) is 42.6 Å². The van der Waals surface area contributed by atoms with E-state index in [9.17, 15) is 9.50 Å². The lowest BCUT2D eigenvalue weighted by Gasteiger charge is -2.25. The number of aliphatic hydroxyl groups excluding tert-OH is 1. The van der Waals surface area contributed by atoms with Gasteiger partial charge in [0.05, 0.1) is 12.5 Å². The van der Waals surface area contributed by atoms with E-state index in [1.165, 1.54) is 25.7 Å². The summed E-state index contributed by atoms with van der Waals surface area (Å²) in [5.74, 6) is 0.746. The Bertz CT molecular complexity index is 599. The van der Waals surface area contributed by atoms with Gasteiger partial charge in [0, 0.05) is 0 Å². The minimum atomic E-state index is -0.680. The molecule has 1 atom stereocenters. The molecule has 1 fully saturated rings. The number of ether oxygens (including phenoxy) is 1. The minimum Gasteiger partial charge on any atom is -0.492 e. The molecule has 0 radical (unpaired) electrons. The molecule has 1 saturated carbocycles. The molecule has 3 nitrogen and oxygen atoms in total. The summed E-state index contributed by atoms with van der Waals surface area (Å²) in [6, 6.07) is 4.31. The Morgan fingerprint density at radius 1 is 1.30 bits per heavy atom. The Kier molecular flexibility index (Phi) is 3.66. The molecular formula is C16H19FO3. The molecular weight excluding hydrogens is 259 g/mol. The van der Waals surface area contributed by atoms with Crippen LogP contribution in [0.5, 0.6) is 5.75 Å². The van der Waals surface area contributed by atoms with Gasteiger partial charge >= 0.3 is 0 Å². The molecule has 2 aromatic rings. The van der Waals surface area contributed by atoms with Crippen LogP contribution in [0.4, 0.5) is 4.39 Å². The summed E-state index contributed by atoms with van der Waals surface area (Å²) in [6.45, 7) is 0. The Labute approximate surface area is 117 Å². The van der Waals surface area contributed by atoms with Crippen LogP contribution in [0.25, 0.3) is 11.0 Å². The van der Waals surface area contributed by atoms with Gasteiger partial charge in [0.1, 0.15) is 17.5 Å². The summed E-state index contributed by atoms with van der Waals surface area (Å²) < 4.78 is 24.4. The first-order valence-electron chi connectivity index (χ1n) is 7.14. The molecule has 0 bridgehead atoms. The van der Waals surface area contributed by atoms with Gasteiger partial charge in [-0.3, -0.25) is 0 Å². The van der Waals surface area contributed by atoms with E-state index in [1.807, 2.05) is 0 Å². The van der Waals surface area contributed by atoms with E-state index in [0.717, 1.165) is 25.7 Å². The Hall–Kier alpha value is -1.55. The Morgan fingerprint density at radius 3 is 2.75 bits per heavy atom. The number of methoxy groups -OCH3 is 1. The van der Waals surface area contributed by atoms with Crippen LogP contribution in [0.2, 0.25) is 0 Å². The number of furan rings is 1. The van der Waals surface area contributed by atoms with Crippen molar-refractivity contribution in [1.29, 1.82) is 0 Å². The summed E-state index contributed by atoms with van der Waals surface area (Å²) >= 11 is 0. The maximum atomic E-state index is 13.4. The molecule has 0 spiro atoms. The number of hydrogen-bond donors (Lipinski definition) is 1. The first kappa shape index (κ1) is 13.4. The molecule has 0 aliphatic heterocycles. The zero-order valence-corrected chi connectivity index (χ0v) is 11.6. The fourth-order valence-corrected chi connectivity index (χ4v) is 3.14. The van der Waals surface area contributed by atoms with Crippen molar-refractivity contribution in [2.24, 2.45) is 5.92 Å². The molecule has 108 valence electrons. The van der Waals surface area contributed by atoms with Crippen molar-refractivity contribution in [3.63, 3.8) is 0 Å². The molecule has 3 rings (SSSR count). The lowest BCUT2D eigenvalue weighted by Crippen LogP contribution is -2.15. The van der Waals surface area contributed by atoms with Gasteiger partial charge in [0.15, 0.2) is 11.5 Å². The Morgan fingerprint density at radius 2 is 2.05 bits per heavy atom. The van der Waals surface area contributed by atoms with Gasteiger partial charge in [-0.1, -0.05) is 19.3 Å². The van der Waals surface area contributed by atoms with E-state index in [2.05, 4.69) is 0 Å². The first-order valence-corrected chi connectivity index (χ1v) is 7.14. The van der Waals surface area contributed by atoms with Crippen molar-refractivity contribution >= 4 is 11.0 Å². The summed E-state index contributed by atoms with van der Waals surface area (Å²) in [5, 5.41) is 11.1. The van der Waals surface area contributed by atoms with Gasteiger partial charge in [-0.05, 0) is 37.0 Å². The van der Waals surface area contributed by atoms with E-state index in [4.69, 9.17) is 9.15 Å². The zero-order valence-electron chi connectivity index (χ0n) is 11.6. The third-order valence-corrected chi connectivity index (χ3v) is 4.20. The van der Waals surface area contributed by atoms with Crippen LogP contribution >= 0.6 is 0 Å². The van der Waals surface area contributed by atoms with Gasteiger partial charge in [-0.25, -0.2) is 4.39 Å². The van der Waals surface area contributed by atoms with Crippen LogP contribution in [0.1, 0.15) is 44.0 Å². The molecule has 1 aliphatic rings. The molecule has 0 amide bonds. The van der Waals surface area contributed by atoms with Crippen molar-refractivity contribution in [3.05, 3.63) is 29.8 Å². The van der Waals surface area contributed by atoms with Crippen molar-refractivity contribution in [1.82, 2.24) is 0 Å². The molecule has 4 heteroatoms. The van der Waals surface area contributed by atoms with E-state index < -0.39 is 6.10 Å². The molecule has 1 heterocycles. The van der Waals surface area contributed by atoms with Crippen LogP contribution < -0.4 is 4.74 Å². The summed E-state index contributed by atoms with van der Waals surface area (Å²) in [7, 11) is 1.52. The highest BCUT2D eigenvalue weighted by molar-refractivity contribution is 5.85. The lowest BCUT2D eigenvalue weighted by molar-refractivity contribution is 0.0640. The van der Waals surface area contributed by atoms with Gasteiger partial charge < -0.3 is 14.3 Å². The normalized spacial score (nSPS) is 18.4. The second-order valence-electron chi connectivity index (χ2n) is 5.48. The SMILES string of the molecule is COc1c(C(O)C2CCCCC2)oc2ccc(F)cc12. The smallest absolute Gasteiger partial charge is 0.175 e. The monoisotopic (exact) mass is 278 g/mol. The van der Waals surface area contributed by atoms with Crippen LogP contribution in [-0.4, -0.2) is 12.2 Å². The second-order valence-corrected chi connectivity index (χ2v) is 5.48. The number of aliphatic hydroxyl groups is 1. The van der Waals surface area contributed by atoms with E-state index in [-0.39, 0.29) is 11.7 Å². The largest absolute Gasteiger partial charge is 0.492 e. The van der Waals surface area contributed by atoms with Crippen molar-refractivity contribution < 1.29 is 18.7 Å². The number of hydrogen-bond acceptors (Lipinski definition) is 3. The van der Waals surface area contributed by atoms with E-state index in [0.29, 0.717) is 22.5 Å². The standard InChI is InChI=1S/C16H19FO3/c1-19-15-12-9-11(17)7-8-13(12)20-16(15)14(18)10-5-3-2-4-6-10/h7-10,14,18H,2-6H2,1H3. The molecule has 1 aromatic heterocycles. The number of benzene rings is 1. The number of fused-ring (bicyclic) bond motifs is 1. The zero-order chi connectivity index (χ0) is 14.1. The molecule has 1 aliphatic carbocycles. The first-order chi connectivity index (χ1) is 9.70. The summed E-state index contributed by atoms with van der Waals surface area (Å²) in [6.07, 6.45) is 4.82. The molecule has 1 unspecified atom stereocenters. The molecule has 1 aromatic carbocycles. The van der Waals surface area contributed by atoms with Crippen molar-refractivity contribution in [2.45, 2.75) is 38.2 Å². The fourth-order valence-electron chi connectivity index (χ4n) is 3.14. The van der Waals surface area contributed by atoms with Gasteiger partial charge in [-0.2, -0.15) is 0 Å². The van der Waals surface area contributed by atoms with Gasteiger partial charge in [-0.15, -0.1) is 0 Å². The van der Waals surface area contributed by atoms with Crippen LogP contribution in [0.15, 0.2) is 22.6 Å². The second kappa shape index (κ2) is 5.44. The number of halogens is 1. The maximum Gasteiger partial charge on any atom is 0.175 e. The summed E-state index contributed by atoms with van der Waals surface area (Å²) in [5.41, 5.74) is 0.549. The highest BCUT2D eigenvalue weighted by atomic mass is 19.1. The predicted molar refractivity (Wildman–Crippen MR) is 74.3 cm³/mol. The predicted octanol–water partition coefficient (Wildman–Crippen LogP) is 4.19. The molecule has 20 heavy (non-hydrogen) atoms. The lowest BCUT2D eigenvalue weighted by atomic mass is 9.84. The van der Waals surface area contributed by atoms with Crippen molar-refractivity contribution in [2.75, 3.05) is 7.11 Å². The quantitative estimate of drug-likeness (QED) is 0.915. The van der Waals surface area contributed by atoms with Crippen LogP contribution in [0, 0.1) is 11.7 Å². The highest BCUT2D eigenvalue weighted by Crippen LogP contribution is 2.42. The van der Waals surface area contributed by atoms with Crippen molar-refractivity contribution in [3.8, 4) is 5.75 Å². The number of rotatable bonds is 3. The average Bonchev–Trinajstić information content (AvgIpc) is 2.85. The van der Waals surface area contributed by atoms with E-state index >= 15 is 0 Å². The third-order valence-electron chi connectivity index (χ3n) is 4.20. The molecule has 0 saturated heterocycles. The summed E-state index contributed by atoms with van der Waals surface area (Å²) in [4.78, 5) is 0. The van der Waals surface area contributed by atoms with Crippen LogP contribution in [0.3, 0.4) is 0 Å².